The summed E-state index contributed by atoms with van der Waals surface area (Å²) in [5, 5.41) is 13.9. The Balaban J connectivity index is 1.96. The van der Waals surface area contributed by atoms with Crippen LogP contribution in [0.3, 0.4) is 0 Å². The van der Waals surface area contributed by atoms with Gasteiger partial charge in [0.1, 0.15) is 11.6 Å². The van der Waals surface area contributed by atoms with E-state index in [0.29, 0.717) is 24.0 Å². The lowest BCUT2D eigenvalue weighted by Gasteiger charge is -2.09. The number of aromatic nitrogens is 4. The zero-order valence-electron chi connectivity index (χ0n) is 14.5. The Morgan fingerprint density at radius 2 is 2.04 bits per heavy atom. The van der Waals surface area contributed by atoms with E-state index in [1.54, 1.807) is 16.8 Å². The van der Waals surface area contributed by atoms with Crippen LogP contribution in [0.25, 0.3) is 10.9 Å². The van der Waals surface area contributed by atoms with Crippen molar-refractivity contribution < 1.29 is 0 Å². The average Bonchev–Trinajstić information content (AvgIpc) is 2.87. The summed E-state index contributed by atoms with van der Waals surface area (Å²) >= 11 is 0. The average molecular weight is 337 g/mol. The highest BCUT2D eigenvalue weighted by molar-refractivity contribution is 5.78. The molecule has 7 heteroatoms. The summed E-state index contributed by atoms with van der Waals surface area (Å²) in [5.74, 6) is 0. The van der Waals surface area contributed by atoms with E-state index < -0.39 is 5.56 Å². The highest BCUT2D eigenvalue weighted by Crippen LogP contribution is 2.13. The molecule has 0 unspecified atom stereocenters. The van der Waals surface area contributed by atoms with Gasteiger partial charge in [-0.3, -0.25) is 14.3 Å². The molecule has 0 radical (unpaired) electrons. The van der Waals surface area contributed by atoms with Crippen molar-refractivity contribution in [2.24, 2.45) is 0 Å². The van der Waals surface area contributed by atoms with Crippen molar-refractivity contribution in [3.8, 4) is 6.07 Å². The second kappa shape index (κ2) is 6.40. The number of hydrogen-bond donors (Lipinski definition) is 1. The van der Waals surface area contributed by atoms with Crippen LogP contribution in [-0.2, 0) is 19.5 Å². The van der Waals surface area contributed by atoms with Gasteiger partial charge in [0.2, 0.25) is 0 Å². The molecule has 0 spiro atoms. The predicted octanol–water partition coefficient (Wildman–Crippen LogP) is 1.64. The van der Waals surface area contributed by atoms with Gasteiger partial charge in [0.05, 0.1) is 23.1 Å². The molecule has 0 atom stereocenters. The summed E-state index contributed by atoms with van der Waals surface area (Å²) in [5.41, 5.74) is 3.02. The molecule has 0 aliphatic carbocycles. The first kappa shape index (κ1) is 16.7. The Labute approximate surface area is 144 Å². The van der Waals surface area contributed by atoms with Gasteiger partial charge in [-0.25, -0.2) is 0 Å². The van der Waals surface area contributed by atoms with Crippen molar-refractivity contribution in [3.63, 3.8) is 0 Å². The fraction of sp³-hybridized carbons (Fsp3) is 0.333. The zero-order chi connectivity index (χ0) is 18.1. The van der Waals surface area contributed by atoms with Crippen molar-refractivity contribution in [1.82, 2.24) is 19.3 Å². The van der Waals surface area contributed by atoms with Crippen LogP contribution in [0.5, 0.6) is 0 Å². The van der Waals surface area contributed by atoms with E-state index in [1.165, 1.54) is 11.6 Å². The van der Waals surface area contributed by atoms with Crippen LogP contribution in [0.1, 0.15) is 29.4 Å². The first-order valence-corrected chi connectivity index (χ1v) is 8.15. The minimum atomic E-state index is -0.484. The van der Waals surface area contributed by atoms with Gasteiger partial charge in [-0.05, 0) is 38.0 Å². The minimum absolute atomic E-state index is 0.0616. The molecule has 0 saturated heterocycles. The minimum Gasteiger partial charge on any atom is -0.321 e. The molecular formula is C18H19N5O2. The molecular weight excluding hydrogens is 318 g/mol. The molecule has 0 saturated carbocycles. The summed E-state index contributed by atoms with van der Waals surface area (Å²) in [6.45, 7) is 7.16. The molecule has 0 amide bonds. The maximum atomic E-state index is 12.6. The molecule has 0 fully saturated rings. The van der Waals surface area contributed by atoms with Gasteiger partial charge in [0, 0.05) is 18.4 Å². The van der Waals surface area contributed by atoms with E-state index in [1.807, 2.05) is 24.6 Å². The third-order valence-electron chi connectivity index (χ3n) is 4.54. The molecule has 3 heterocycles. The Morgan fingerprint density at radius 3 is 2.68 bits per heavy atom. The van der Waals surface area contributed by atoms with E-state index in [9.17, 15) is 9.59 Å². The van der Waals surface area contributed by atoms with Crippen LogP contribution in [0, 0.1) is 25.2 Å². The molecule has 3 aromatic heterocycles. The number of nitriles is 1. The van der Waals surface area contributed by atoms with Gasteiger partial charge < -0.3 is 9.55 Å². The number of H-pyrrole nitrogens is 1. The summed E-state index contributed by atoms with van der Waals surface area (Å²) in [6.07, 6.45) is 2.58. The molecule has 0 bridgehead atoms. The highest BCUT2D eigenvalue weighted by Gasteiger charge is 2.11. The summed E-state index contributed by atoms with van der Waals surface area (Å²) < 4.78 is 3.49. The monoisotopic (exact) mass is 337 g/mol. The van der Waals surface area contributed by atoms with Gasteiger partial charge in [0.25, 0.3) is 11.1 Å². The lowest BCUT2D eigenvalue weighted by Crippen LogP contribution is -2.24. The Bertz CT molecular complexity index is 1110. The first-order valence-electron chi connectivity index (χ1n) is 8.15. The number of rotatable bonds is 4. The molecule has 128 valence electrons. The molecule has 0 aromatic carbocycles. The van der Waals surface area contributed by atoms with E-state index in [-0.39, 0.29) is 11.1 Å². The largest absolute Gasteiger partial charge is 0.321 e. The third-order valence-corrected chi connectivity index (χ3v) is 4.54. The summed E-state index contributed by atoms with van der Waals surface area (Å²) in [7, 11) is 0. The number of fused-ring (bicyclic) bond motifs is 1. The van der Waals surface area contributed by atoms with Crippen molar-refractivity contribution >= 4 is 10.9 Å². The number of nitrogens with zero attached hydrogens (tertiary/aromatic N) is 4. The van der Waals surface area contributed by atoms with Gasteiger partial charge in [0.15, 0.2) is 0 Å². The fourth-order valence-electron chi connectivity index (χ4n) is 3.16. The van der Waals surface area contributed by atoms with Crippen LogP contribution >= 0.6 is 0 Å². The first-order chi connectivity index (χ1) is 12.0. The highest BCUT2D eigenvalue weighted by atomic mass is 16.1. The van der Waals surface area contributed by atoms with Crippen LogP contribution in [0.4, 0.5) is 0 Å². The topological polar surface area (TPSA) is 96.5 Å². The lowest BCUT2D eigenvalue weighted by molar-refractivity contribution is 0.513. The Morgan fingerprint density at radius 1 is 1.28 bits per heavy atom. The molecule has 1 N–H and O–H groups in total. The standard InChI is InChI=1S/C18H19N5O2/c1-4-14-11(2)21-23(12(14)3)8-7-22-6-5-16-15(18(22)25)9-13(10-19)17(24)20-16/h5-6,9H,4,7-8H2,1-3H3,(H,20,24). The number of hydrogen-bond acceptors (Lipinski definition) is 4. The maximum absolute atomic E-state index is 12.6. The van der Waals surface area contributed by atoms with Gasteiger partial charge in [-0.1, -0.05) is 6.92 Å². The second-order valence-corrected chi connectivity index (χ2v) is 5.99. The molecule has 25 heavy (non-hydrogen) atoms. The summed E-state index contributed by atoms with van der Waals surface area (Å²) in [6, 6.07) is 4.84. The van der Waals surface area contributed by atoms with E-state index in [2.05, 4.69) is 17.0 Å². The van der Waals surface area contributed by atoms with Gasteiger partial charge >= 0.3 is 0 Å². The molecule has 3 rings (SSSR count). The van der Waals surface area contributed by atoms with Crippen molar-refractivity contribution in [2.45, 2.75) is 40.3 Å². The summed E-state index contributed by atoms with van der Waals surface area (Å²) in [4.78, 5) is 26.9. The fourth-order valence-corrected chi connectivity index (χ4v) is 3.16. The SMILES string of the molecule is CCc1c(C)nn(CCn2ccc3[nH]c(=O)c(C#N)cc3c2=O)c1C. The van der Waals surface area contributed by atoms with Crippen molar-refractivity contribution in [2.75, 3.05) is 0 Å². The van der Waals surface area contributed by atoms with Crippen molar-refractivity contribution in [1.29, 1.82) is 5.26 Å². The van der Waals surface area contributed by atoms with Gasteiger partial charge in [-0.15, -0.1) is 0 Å². The Kier molecular flexibility index (Phi) is 4.28. The number of pyridine rings is 2. The quantitative estimate of drug-likeness (QED) is 0.782. The van der Waals surface area contributed by atoms with E-state index in [4.69, 9.17) is 5.26 Å². The van der Waals surface area contributed by atoms with Crippen LogP contribution < -0.4 is 11.1 Å². The molecule has 7 nitrogen and oxygen atoms in total. The van der Waals surface area contributed by atoms with Gasteiger partial charge in [-0.2, -0.15) is 10.4 Å². The normalized spacial score (nSPS) is 11.0. The smallest absolute Gasteiger partial charge is 0.266 e. The van der Waals surface area contributed by atoms with Crippen LogP contribution in [0.2, 0.25) is 0 Å². The van der Waals surface area contributed by atoms with Crippen LogP contribution in [-0.4, -0.2) is 19.3 Å². The number of aryl methyl sites for hydroxylation is 3. The molecule has 3 aromatic rings. The number of nitrogens with one attached hydrogen (secondary N) is 1. The maximum Gasteiger partial charge on any atom is 0.266 e. The van der Waals surface area contributed by atoms with Crippen molar-refractivity contribution in [3.05, 3.63) is 61.6 Å². The zero-order valence-corrected chi connectivity index (χ0v) is 14.5. The third kappa shape index (κ3) is 2.87. The Hall–Kier alpha value is -3.14. The van der Waals surface area contributed by atoms with E-state index in [0.717, 1.165) is 17.8 Å². The lowest BCUT2D eigenvalue weighted by atomic mass is 10.1. The second-order valence-electron chi connectivity index (χ2n) is 5.99. The van der Waals surface area contributed by atoms with E-state index >= 15 is 0 Å². The number of aromatic amines is 1. The molecule has 0 aliphatic rings. The molecule has 0 aliphatic heterocycles. The van der Waals surface area contributed by atoms with Crippen LogP contribution in [0.15, 0.2) is 27.9 Å². The predicted molar refractivity (Wildman–Crippen MR) is 94.6 cm³/mol.